The maximum absolute atomic E-state index is 10.6. The fourth-order valence-corrected chi connectivity index (χ4v) is 4.82. The van der Waals surface area contributed by atoms with Crippen LogP contribution in [-0.2, 0) is 0 Å². The van der Waals surface area contributed by atoms with Gasteiger partial charge in [-0.2, -0.15) is 15.0 Å². The van der Waals surface area contributed by atoms with E-state index in [1.807, 2.05) is 81.9 Å². The lowest BCUT2D eigenvalue weighted by atomic mass is 10.2. The Morgan fingerprint density at radius 1 is 0.424 bits per heavy atom. The molecule has 156 valence electrons. The third-order valence-electron chi connectivity index (χ3n) is 6.16. The first-order chi connectivity index (χ1) is 16.3. The van der Waals surface area contributed by atoms with Gasteiger partial charge in [-0.05, 0) is 24.3 Å². The predicted molar refractivity (Wildman–Crippen MR) is 130 cm³/mol. The van der Waals surface area contributed by atoms with Gasteiger partial charge in [-0.25, -0.2) is 0 Å². The summed E-state index contributed by atoms with van der Waals surface area (Å²) in [5.74, 6) is 0.744. The standard InChI is InChI=1S/C27H17N5O/c33-27-29-25(31-21-13-5-1-9-17(21)18-10-2-6-14-22(18)31)28-26(30-27)32-23-15-7-3-11-19(23)20-12-4-8-16-24(20)32/h1-16H,(H,28,29,30,33). The molecule has 0 amide bonds. The SMILES string of the molecule is Oc1nc(-n2c3ccccc3c3ccccc32)nc(-n2c3ccccc3c3ccccc32)n1. The van der Waals surface area contributed by atoms with Crippen LogP contribution in [0.15, 0.2) is 97.1 Å². The Kier molecular flexibility index (Phi) is 3.61. The maximum atomic E-state index is 10.6. The molecule has 0 radical (unpaired) electrons. The van der Waals surface area contributed by atoms with E-state index in [4.69, 9.17) is 4.98 Å². The number of hydrogen-bond acceptors (Lipinski definition) is 4. The summed E-state index contributed by atoms with van der Waals surface area (Å²) >= 11 is 0. The summed E-state index contributed by atoms with van der Waals surface area (Å²) in [5, 5.41) is 15.0. The van der Waals surface area contributed by atoms with Crippen molar-refractivity contribution in [3.8, 4) is 17.9 Å². The molecule has 1 N–H and O–H groups in total. The zero-order chi connectivity index (χ0) is 21.9. The van der Waals surface area contributed by atoms with Gasteiger partial charge in [-0.3, -0.25) is 9.13 Å². The maximum Gasteiger partial charge on any atom is 0.320 e. The average Bonchev–Trinajstić information content (AvgIpc) is 3.37. The molecular weight excluding hydrogens is 410 g/mol. The van der Waals surface area contributed by atoms with Gasteiger partial charge in [0, 0.05) is 21.5 Å². The minimum absolute atomic E-state index is 0.321. The Hall–Kier alpha value is -4.71. The summed E-state index contributed by atoms with van der Waals surface area (Å²) < 4.78 is 3.95. The van der Waals surface area contributed by atoms with Gasteiger partial charge in [-0.1, -0.05) is 72.8 Å². The molecule has 0 fully saturated rings. The average molecular weight is 427 g/mol. The van der Waals surface area contributed by atoms with Crippen molar-refractivity contribution in [3.05, 3.63) is 97.1 Å². The lowest BCUT2D eigenvalue weighted by Crippen LogP contribution is -2.08. The molecule has 0 aliphatic rings. The van der Waals surface area contributed by atoms with E-state index >= 15 is 0 Å². The first-order valence-electron chi connectivity index (χ1n) is 10.7. The van der Waals surface area contributed by atoms with Crippen LogP contribution in [0, 0.1) is 0 Å². The van der Waals surface area contributed by atoms with E-state index in [0.717, 1.165) is 43.6 Å². The highest BCUT2D eigenvalue weighted by Gasteiger charge is 2.19. The number of aromatic hydroxyl groups is 1. The number of hydrogen-bond donors (Lipinski definition) is 1. The molecule has 0 atom stereocenters. The molecule has 0 aliphatic carbocycles. The molecule has 0 saturated heterocycles. The van der Waals surface area contributed by atoms with Crippen LogP contribution in [-0.4, -0.2) is 29.2 Å². The third-order valence-corrected chi connectivity index (χ3v) is 6.16. The second kappa shape index (κ2) is 6.64. The van der Waals surface area contributed by atoms with E-state index in [-0.39, 0.29) is 6.01 Å². The molecule has 0 aliphatic heterocycles. The number of rotatable bonds is 2. The van der Waals surface area contributed by atoms with Gasteiger partial charge in [0.05, 0.1) is 22.1 Å². The summed E-state index contributed by atoms with van der Waals surface area (Å²) in [6.07, 6.45) is 0. The van der Waals surface area contributed by atoms with Crippen LogP contribution < -0.4 is 0 Å². The highest BCUT2D eigenvalue weighted by atomic mass is 16.3. The van der Waals surface area contributed by atoms with Crippen LogP contribution in [0.1, 0.15) is 0 Å². The van der Waals surface area contributed by atoms with Crippen molar-refractivity contribution in [2.75, 3.05) is 0 Å². The fraction of sp³-hybridized carbons (Fsp3) is 0. The number of benzene rings is 4. The van der Waals surface area contributed by atoms with Gasteiger partial charge in [0.25, 0.3) is 0 Å². The largest absolute Gasteiger partial charge is 0.479 e. The Morgan fingerprint density at radius 2 is 0.727 bits per heavy atom. The van der Waals surface area contributed by atoms with Crippen LogP contribution in [0.5, 0.6) is 6.01 Å². The summed E-state index contributed by atoms with van der Waals surface area (Å²) in [4.78, 5) is 13.5. The predicted octanol–water partition coefficient (Wildman–Crippen LogP) is 5.77. The van der Waals surface area contributed by atoms with E-state index in [1.54, 1.807) is 0 Å². The highest BCUT2D eigenvalue weighted by Crippen LogP contribution is 2.33. The molecule has 6 nitrogen and oxygen atoms in total. The zero-order valence-electron chi connectivity index (χ0n) is 17.4. The Labute approximate surface area is 188 Å². The second-order valence-electron chi connectivity index (χ2n) is 7.97. The number of fused-ring (bicyclic) bond motifs is 6. The number of para-hydroxylation sites is 4. The van der Waals surface area contributed by atoms with Crippen molar-refractivity contribution in [2.45, 2.75) is 0 Å². The molecular formula is C27H17N5O. The smallest absolute Gasteiger partial charge is 0.320 e. The topological polar surface area (TPSA) is 68.8 Å². The summed E-state index contributed by atoms with van der Waals surface area (Å²) in [6, 6.07) is 32.2. The van der Waals surface area contributed by atoms with E-state index < -0.39 is 0 Å². The number of nitrogens with zero attached hydrogens (tertiary/aromatic N) is 5. The Morgan fingerprint density at radius 3 is 1.06 bits per heavy atom. The minimum Gasteiger partial charge on any atom is -0.479 e. The lowest BCUT2D eigenvalue weighted by molar-refractivity contribution is 0.426. The molecule has 3 heterocycles. The van der Waals surface area contributed by atoms with E-state index in [0.29, 0.717) is 11.9 Å². The quantitative estimate of drug-likeness (QED) is 0.380. The molecule has 6 heteroatoms. The van der Waals surface area contributed by atoms with Crippen molar-refractivity contribution in [1.82, 2.24) is 24.1 Å². The zero-order valence-corrected chi connectivity index (χ0v) is 17.4. The number of aromatic nitrogens is 5. The van der Waals surface area contributed by atoms with Crippen LogP contribution >= 0.6 is 0 Å². The van der Waals surface area contributed by atoms with Gasteiger partial charge in [0.1, 0.15) is 0 Å². The molecule has 0 saturated carbocycles. The summed E-state index contributed by atoms with van der Waals surface area (Å²) in [6.45, 7) is 0. The van der Waals surface area contributed by atoms with Crippen molar-refractivity contribution in [2.24, 2.45) is 0 Å². The van der Waals surface area contributed by atoms with Crippen LogP contribution in [0.2, 0.25) is 0 Å². The van der Waals surface area contributed by atoms with Crippen molar-refractivity contribution in [1.29, 1.82) is 0 Å². The van der Waals surface area contributed by atoms with Gasteiger partial charge in [0.15, 0.2) is 0 Å². The van der Waals surface area contributed by atoms with E-state index in [2.05, 4.69) is 34.2 Å². The molecule has 4 aromatic carbocycles. The summed E-state index contributed by atoms with van der Waals surface area (Å²) in [5.41, 5.74) is 3.88. The molecule has 0 bridgehead atoms. The van der Waals surface area contributed by atoms with Crippen LogP contribution in [0.4, 0.5) is 0 Å². The lowest BCUT2D eigenvalue weighted by Gasteiger charge is -2.10. The van der Waals surface area contributed by atoms with Crippen LogP contribution in [0.3, 0.4) is 0 Å². The molecule has 3 aromatic heterocycles. The van der Waals surface area contributed by atoms with Gasteiger partial charge in [0.2, 0.25) is 11.9 Å². The Bertz CT molecular complexity index is 1610. The molecule has 0 unspecified atom stereocenters. The first kappa shape index (κ1) is 17.9. The molecule has 7 rings (SSSR count). The molecule has 0 spiro atoms. The highest BCUT2D eigenvalue weighted by molar-refractivity contribution is 6.10. The van der Waals surface area contributed by atoms with Gasteiger partial charge >= 0.3 is 6.01 Å². The molecule has 33 heavy (non-hydrogen) atoms. The van der Waals surface area contributed by atoms with Crippen molar-refractivity contribution in [3.63, 3.8) is 0 Å². The van der Waals surface area contributed by atoms with Crippen LogP contribution in [0.25, 0.3) is 55.5 Å². The third kappa shape index (κ3) is 2.52. The van der Waals surface area contributed by atoms with Gasteiger partial charge in [-0.15, -0.1) is 0 Å². The van der Waals surface area contributed by atoms with Gasteiger partial charge < -0.3 is 5.11 Å². The summed E-state index contributed by atoms with van der Waals surface area (Å²) in [7, 11) is 0. The van der Waals surface area contributed by atoms with Crippen molar-refractivity contribution >= 4 is 43.6 Å². The van der Waals surface area contributed by atoms with E-state index in [9.17, 15) is 5.11 Å². The molecule has 7 aromatic rings. The monoisotopic (exact) mass is 427 g/mol. The minimum atomic E-state index is -0.321. The first-order valence-corrected chi connectivity index (χ1v) is 10.7. The Balaban J connectivity index is 1.58. The van der Waals surface area contributed by atoms with E-state index in [1.165, 1.54) is 0 Å². The normalized spacial score (nSPS) is 11.8. The van der Waals surface area contributed by atoms with Crippen molar-refractivity contribution < 1.29 is 5.11 Å². The fourth-order valence-electron chi connectivity index (χ4n) is 4.82. The second-order valence-corrected chi connectivity index (χ2v) is 7.97.